The largest absolute Gasteiger partial charge is 0.493 e. The third kappa shape index (κ3) is 5.20. The quantitative estimate of drug-likeness (QED) is 0.520. The van der Waals surface area contributed by atoms with Crippen LogP contribution in [-0.4, -0.2) is 33.1 Å². The van der Waals surface area contributed by atoms with E-state index < -0.39 is 29.2 Å². The summed E-state index contributed by atoms with van der Waals surface area (Å²) >= 11 is 0. The van der Waals surface area contributed by atoms with Gasteiger partial charge in [-0.05, 0) is 42.5 Å². The molecular weight excluding hydrogens is 445 g/mol. The number of methoxy groups -OCH3 is 3. The molecule has 0 aliphatic rings. The number of amides is 2. The van der Waals surface area contributed by atoms with Crippen LogP contribution in [-0.2, 0) is 6.18 Å². The van der Waals surface area contributed by atoms with E-state index in [0.717, 1.165) is 6.07 Å². The van der Waals surface area contributed by atoms with Gasteiger partial charge >= 0.3 is 6.18 Å². The van der Waals surface area contributed by atoms with Crippen molar-refractivity contribution in [1.29, 1.82) is 0 Å². The third-order valence-electron chi connectivity index (χ3n) is 4.50. The molecule has 0 saturated carbocycles. The normalized spacial score (nSPS) is 11.0. The zero-order valence-electron chi connectivity index (χ0n) is 17.7. The summed E-state index contributed by atoms with van der Waals surface area (Å²) in [5.74, 6) is -1.08. The van der Waals surface area contributed by atoms with Gasteiger partial charge in [-0.1, -0.05) is 0 Å². The Balaban J connectivity index is 1.91. The number of carbonyl (C=O) groups is 2. The van der Waals surface area contributed by atoms with Crippen LogP contribution in [0.5, 0.6) is 17.2 Å². The molecule has 3 aromatic rings. The fraction of sp³-hybridized carbons (Fsp3) is 0.182. The molecule has 2 amide bonds. The van der Waals surface area contributed by atoms with E-state index in [0.29, 0.717) is 6.07 Å². The highest BCUT2D eigenvalue weighted by atomic mass is 19.4. The maximum absolute atomic E-state index is 13.7. The molecule has 2 N–H and O–H groups in total. The molecule has 0 aliphatic carbocycles. The molecule has 33 heavy (non-hydrogen) atoms. The molecule has 8 nitrogen and oxygen atoms in total. The molecule has 0 bridgehead atoms. The Labute approximate surface area is 186 Å². The summed E-state index contributed by atoms with van der Waals surface area (Å²) in [6, 6.07) is 8.43. The van der Waals surface area contributed by atoms with Gasteiger partial charge in [0.05, 0.1) is 38.8 Å². The van der Waals surface area contributed by atoms with E-state index in [2.05, 4.69) is 10.6 Å². The Hall–Kier alpha value is -4.15. The summed E-state index contributed by atoms with van der Waals surface area (Å²) < 4.78 is 61.5. The fourth-order valence-corrected chi connectivity index (χ4v) is 2.97. The maximum atomic E-state index is 13.7. The van der Waals surface area contributed by atoms with E-state index in [-0.39, 0.29) is 34.3 Å². The minimum absolute atomic E-state index is 0.0205. The van der Waals surface area contributed by atoms with Crippen molar-refractivity contribution < 1.29 is 41.4 Å². The Morgan fingerprint density at radius 2 is 1.55 bits per heavy atom. The molecular formula is C22H19F3N2O6. The van der Waals surface area contributed by atoms with Gasteiger partial charge in [-0.25, -0.2) is 0 Å². The smallest absolute Gasteiger partial charge is 0.418 e. The van der Waals surface area contributed by atoms with Crippen LogP contribution in [0.15, 0.2) is 53.1 Å². The summed E-state index contributed by atoms with van der Waals surface area (Å²) in [6.07, 6.45) is -3.55. The van der Waals surface area contributed by atoms with Crippen LogP contribution in [0.2, 0.25) is 0 Å². The molecule has 2 aromatic carbocycles. The third-order valence-corrected chi connectivity index (χ3v) is 4.50. The van der Waals surface area contributed by atoms with Crippen molar-refractivity contribution in [1.82, 2.24) is 0 Å². The number of furan rings is 1. The lowest BCUT2D eigenvalue weighted by atomic mass is 10.1. The fourth-order valence-electron chi connectivity index (χ4n) is 2.97. The second-order valence-electron chi connectivity index (χ2n) is 6.56. The molecule has 0 spiro atoms. The van der Waals surface area contributed by atoms with E-state index in [1.165, 1.54) is 57.9 Å². The molecule has 11 heteroatoms. The van der Waals surface area contributed by atoms with Crippen molar-refractivity contribution >= 4 is 23.2 Å². The van der Waals surface area contributed by atoms with Gasteiger partial charge in [-0.3, -0.25) is 9.59 Å². The first-order chi connectivity index (χ1) is 15.7. The number of anilines is 2. The molecule has 174 valence electrons. The predicted molar refractivity (Wildman–Crippen MR) is 112 cm³/mol. The number of ether oxygens (including phenoxy) is 3. The summed E-state index contributed by atoms with van der Waals surface area (Å²) in [5, 5.41) is 4.56. The van der Waals surface area contributed by atoms with Crippen molar-refractivity contribution in [3.63, 3.8) is 0 Å². The molecule has 1 aromatic heterocycles. The second kappa shape index (κ2) is 9.55. The van der Waals surface area contributed by atoms with Crippen molar-refractivity contribution in [3.8, 4) is 17.2 Å². The average Bonchev–Trinajstić information content (AvgIpc) is 3.33. The summed E-state index contributed by atoms with van der Waals surface area (Å²) in [7, 11) is 4.06. The Kier molecular flexibility index (Phi) is 6.80. The van der Waals surface area contributed by atoms with Crippen LogP contribution in [0.25, 0.3) is 0 Å². The van der Waals surface area contributed by atoms with Crippen molar-refractivity contribution in [2.24, 2.45) is 0 Å². The minimum Gasteiger partial charge on any atom is -0.493 e. The van der Waals surface area contributed by atoms with Crippen molar-refractivity contribution in [2.45, 2.75) is 6.18 Å². The number of hydrogen-bond acceptors (Lipinski definition) is 6. The lowest BCUT2D eigenvalue weighted by molar-refractivity contribution is -0.136. The van der Waals surface area contributed by atoms with Crippen LogP contribution < -0.4 is 24.8 Å². The van der Waals surface area contributed by atoms with Gasteiger partial charge in [0.2, 0.25) is 5.75 Å². The van der Waals surface area contributed by atoms with E-state index in [9.17, 15) is 22.8 Å². The molecule has 0 saturated heterocycles. The van der Waals surface area contributed by atoms with Crippen LogP contribution in [0.3, 0.4) is 0 Å². The minimum atomic E-state index is -4.82. The Bertz CT molecular complexity index is 1130. The molecule has 0 atom stereocenters. The topological polar surface area (TPSA) is 99.0 Å². The number of alkyl halides is 3. The number of rotatable bonds is 7. The predicted octanol–water partition coefficient (Wildman–Crippen LogP) is 4.83. The van der Waals surface area contributed by atoms with Crippen molar-refractivity contribution in [3.05, 3.63) is 65.6 Å². The van der Waals surface area contributed by atoms with E-state index in [1.54, 1.807) is 0 Å². The lowest BCUT2D eigenvalue weighted by Crippen LogP contribution is -2.18. The van der Waals surface area contributed by atoms with Gasteiger partial charge in [0.15, 0.2) is 17.3 Å². The maximum Gasteiger partial charge on any atom is 0.418 e. The molecule has 1 heterocycles. The Morgan fingerprint density at radius 1 is 0.879 bits per heavy atom. The van der Waals surface area contributed by atoms with Gasteiger partial charge in [0.1, 0.15) is 0 Å². The standard InChI is InChI=1S/C22H19F3N2O6/c1-30-17-9-12(10-18(31-2)19(17)32-3)20(28)27-15-7-6-13(11-14(15)22(23,24)25)26-21(29)16-5-4-8-33-16/h4-11H,1-3H3,(H,26,29)(H,27,28). The van der Waals surface area contributed by atoms with E-state index >= 15 is 0 Å². The average molecular weight is 464 g/mol. The number of benzene rings is 2. The van der Waals surface area contributed by atoms with Gasteiger partial charge < -0.3 is 29.3 Å². The number of halogens is 3. The van der Waals surface area contributed by atoms with Crippen LogP contribution in [0, 0.1) is 0 Å². The molecule has 0 aliphatic heterocycles. The summed E-state index contributed by atoms with van der Waals surface area (Å²) in [5.41, 5.74) is -1.81. The monoisotopic (exact) mass is 464 g/mol. The molecule has 0 radical (unpaired) electrons. The van der Waals surface area contributed by atoms with Gasteiger partial charge in [0.25, 0.3) is 11.8 Å². The van der Waals surface area contributed by atoms with Crippen molar-refractivity contribution in [2.75, 3.05) is 32.0 Å². The van der Waals surface area contributed by atoms with E-state index in [4.69, 9.17) is 18.6 Å². The van der Waals surface area contributed by atoms with Gasteiger partial charge in [-0.2, -0.15) is 13.2 Å². The first kappa shape index (κ1) is 23.5. The highest BCUT2D eigenvalue weighted by Gasteiger charge is 2.34. The summed E-state index contributed by atoms with van der Waals surface area (Å²) in [6.45, 7) is 0. The second-order valence-corrected chi connectivity index (χ2v) is 6.56. The zero-order chi connectivity index (χ0) is 24.2. The molecule has 3 rings (SSSR count). The number of carbonyl (C=O) groups excluding carboxylic acids is 2. The highest BCUT2D eigenvalue weighted by Crippen LogP contribution is 2.39. The van der Waals surface area contributed by atoms with Gasteiger partial charge in [0, 0.05) is 11.3 Å². The highest BCUT2D eigenvalue weighted by molar-refractivity contribution is 6.06. The number of hydrogen-bond donors (Lipinski definition) is 2. The first-order valence-corrected chi connectivity index (χ1v) is 9.35. The van der Waals surface area contributed by atoms with Crippen LogP contribution in [0.1, 0.15) is 26.5 Å². The lowest BCUT2D eigenvalue weighted by Gasteiger charge is -2.17. The van der Waals surface area contributed by atoms with E-state index in [1.807, 2.05) is 0 Å². The zero-order valence-corrected chi connectivity index (χ0v) is 17.7. The van der Waals surface area contributed by atoms with Gasteiger partial charge in [-0.15, -0.1) is 0 Å². The summed E-state index contributed by atoms with van der Waals surface area (Å²) in [4.78, 5) is 24.8. The number of nitrogens with one attached hydrogen (secondary N) is 2. The molecule has 0 fully saturated rings. The molecule has 0 unspecified atom stereocenters. The first-order valence-electron chi connectivity index (χ1n) is 9.35. The van der Waals surface area contributed by atoms with Crippen LogP contribution >= 0.6 is 0 Å². The SMILES string of the molecule is COc1cc(C(=O)Nc2ccc(NC(=O)c3ccco3)cc2C(F)(F)F)cc(OC)c1OC. The Morgan fingerprint density at radius 3 is 2.06 bits per heavy atom. The van der Waals surface area contributed by atoms with Crippen LogP contribution in [0.4, 0.5) is 24.5 Å².